The number of ether oxygens (including phenoxy) is 1. The first-order valence-electron chi connectivity index (χ1n) is 10.8. The first kappa shape index (κ1) is 22.0. The first-order chi connectivity index (χ1) is 14.8. The van der Waals surface area contributed by atoms with Crippen LogP contribution in [0, 0.1) is 19.8 Å². The summed E-state index contributed by atoms with van der Waals surface area (Å²) < 4.78 is 35.4. The predicted octanol–water partition coefficient (Wildman–Crippen LogP) is 2.18. The SMILES string of the molecule is Cc1cc(C)cc(S(=O)(=O)N2Cc3ccnn3C(CC(=O)NCC3CCOCC3)C2)c1. The Balaban J connectivity index is 1.48. The maximum atomic E-state index is 13.4. The number of fused-ring (bicyclic) bond motifs is 1. The molecule has 1 amide bonds. The van der Waals surface area contributed by atoms with Gasteiger partial charge in [-0.15, -0.1) is 0 Å². The number of carbonyl (C=O) groups excluding carboxylic acids is 1. The highest BCUT2D eigenvalue weighted by molar-refractivity contribution is 7.89. The average molecular weight is 447 g/mol. The fourth-order valence-electron chi connectivity index (χ4n) is 4.41. The van der Waals surface area contributed by atoms with E-state index in [9.17, 15) is 13.2 Å². The van der Waals surface area contributed by atoms with Gasteiger partial charge in [-0.2, -0.15) is 9.40 Å². The molecule has 0 bridgehead atoms. The third-order valence-electron chi connectivity index (χ3n) is 6.03. The molecule has 0 spiro atoms. The molecule has 1 aromatic heterocycles. The minimum absolute atomic E-state index is 0.0800. The van der Waals surface area contributed by atoms with E-state index in [1.54, 1.807) is 23.0 Å². The zero-order valence-corrected chi connectivity index (χ0v) is 18.9. The van der Waals surface area contributed by atoms with Gasteiger partial charge in [0.15, 0.2) is 0 Å². The summed E-state index contributed by atoms with van der Waals surface area (Å²) in [5.74, 6) is 0.356. The van der Waals surface area contributed by atoms with Gasteiger partial charge in [0.1, 0.15) is 0 Å². The molecule has 0 saturated carbocycles. The largest absolute Gasteiger partial charge is 0.381 e. The Morgan fingerprint density at radius 2 is 1.90 bits per heavy atom. The first-order valence-corrected chi connectivity index (χ1v) is 12.2. The Kier molecular flexibility index (Phi) is 6.45. The average Bonchev–Trinajstić information content (AvgIpc) is 3.21. The summed E-state index contributed by atoms with van der Waals surface area (Å²) in [6, 6.07) is 6.83. The van der Waals surface area contributed by atoms with Crippen LogP contribution in [-0.4, -0.2) is 54.7 Å². The topological polar surface area (TPSA) is 93.5 Å². The number of hydrogen-bond donors (Lipinski definition) is 1. The van der Waals surface area contributed by atoms with Gasteiger partial charge in [0, 0.05) is 32.5 Å². The molecule has 2 aliphatic heterocycles. The molecule has 0 aliphatic carbocycles. The maximum absolute atomic E-state index is 13.4. The highest BCUT2D eigenvalue weighted by Gasteiger charge is 2.35. The number of amides is 1. The van der Waals surface area contributed by atoms with Crippen LogP contribution >= 0.6 is 0 Å². The highest BCUT2D eigenvalue weighted by atomic mass is 32.2. The van der Waals surface area contributed by atoms with Crippen LogP contribution in [-0.2, 0) is 26.1 Å². The van der Waals surface area contributed by atoms with Crippen LogP contribution in [0.3, 0.4) is 0 Å². The lowest BCUT2D eigenvalue weighted by atomic mass is 10.0. The van der Waals surface area contributed by atoms with Gasteiger partial charge in [-0.1, -0.05) is 6.07 Å². The van der Waals surface area contributed by atoms with E-state index in [1.807, 2.05) is 26.0 Å². The highest BCUT2D eigenvalue weighted by Crippen LogP contribution is 2.29. The Morgan fingerprint density at radius 3 is 2.61 bits per heavy atom. The molecule has 2 aliphatic rings. The second-order valence-electron chi connectivity index (χ2n) is 8.61. The van der Waals surface area contributed by atoms with Crippen molar-refractivity contribution in [3.8, 4) is 0 Å². The van der Waals surface area contributed by atoms with Crippen molar-refractivity contribution < 1.29 is 17.9 Å². The number of nitrogens with zero attached hydrogens (tertiary/aromatic N) is 3. The molecule has 3 heterocycles. The molecule has 1 saturated heterocycles. The van der Waals surface area contributed by atoms with Crippen molar-refractivity contribution in [1.82, 2.24) is 19.4 Å². The fraction of sp³-hybridized carbons (Fsp3) is 0.545. The fourth-order valence-corrected chi connectivity index (χ4v) is 6.05. The summed E-state index contributed by atoms with van der Waals surface area (Å²) in [5.41, 5.74) is 2.61. The van der Waals surface area contributed by atoms with Crippen molar-refractivity contribution in [2.24, 2.45) is 5.92 Å². The Morgan fingerprint density at radius 1 is 1.19 bits per heavy atom. The maximum Gasteiger partial charge on any atom is 0.243 e. The number of hydrogen-bond acceptors (Lipinski definition) is 5. The van der Waals surface area contributed by atoms with Gasteiger partial charge in [-0.05, 0) is 61.9 Å². The van der Waals surface area contributed by atoms with E-state index in [0.29, 0.717) is 17.4 Å². The molecule has 1 N–H and O–H groups in total. The van der Waals surface area contributed by atoms with Gasteiger partial charge < -0.3 is 10.1 Å². The van der Waals surface area contributed by atoms with Crippen LogP contribution in [0.15, 0.2) is 35.4 Å². The van der Waals surface area contributed by atoms with Gasteiger partial charge in [0.05, 0.1) is 29.6 Å². The van der Waals surface area contributed by atoms with Crippen molar-refractivity contribution >= 4 is 15.9 Å². The third kappa shape index (κ3) is 4.99. The standard InChI is InChI=1S/C22H30N4O4S/c1-16-9-17(2)11-21(10-16)31(28,29)25-14-19-3-6-24-26(19)20(15-25)12-22(27)23-13-18-4-7-30-8-5-18/h3,6,9-11,18,20H,4-5,7-8,12-15H2,1-2H3,(H,23,27). The summed E-state index contributed by atoms with van der Waals surface area (Å²) in [5, 5.41) is 7.38. The molecular weight excluding hydrogens is 416 g/mol. The number of rotatable bonds is 6. The van der Waals surface area contributed by atoms with E-state index in [0.717, 1.165) is 42.9 Å². The molecular formula is C22H30N4O4S. The van der Waals surface area contributed by atoms with Crippen molar-refractivity contribution in [1.29, 1.82) is 0 Å². The molecule has 8 nitrogen and oxygen atoms in total. The normalized spacial score (nSPS) is 20.4. The Labute approximate surface area is 183 Å². The minimum atomic E-state index is -3.68. The number of carbonyl (C=O) groups is 1. The molecule has 1 fully saturated rings. The summed E-state index contributed by atoms with van der Waals surface area (Å²) >= 11 is 0. The summed E-state index contributed by atoms with van der Waals surface area (Å²) in [7, 11) is -3.68. The summed E-state index contributed by atoms with van der Waals surface area (Å²) in [6.45, 7) is 6.36. The van der Waals surface area contributed by atoms with Crippen LogP contribution in [0.1, 0.15) is 42.1 Å². The van der Waals surface area contributed by atoms with Gasteiger partial charge >= 0.3 is 0 Å². The lowest BCUT2D eigenvalue weighted by molar-refractivity contribution is -0.122. The van der Waals surface area contributed by atoms with Crippen LogP contribution in [0.25, 0.3) is 0 Å². The summed E-state index contributed by atoms with van der Waals surface area (Å²) in [6.07, 6.45) is 3.76. The predicted molar refractivity (Wildman–Crippen MR) is 116 cm³/mol. The van der Waals surface area contributed by atoms with E-state index in [4.69, 9.17) is 4.74 Å². The number of sulfonamides is 1. The van der Waals surface area contributed by atoms with Gasteiger partial charge in [-0.3, -0.25) is 9.48 Å². The molecule has 168 valence electrons. The van der Waals surface area contributed by atoms with Crippen LogP contribution in [0.2, 0.25) is 0 Å². The van der Waals surface area contributed by atoms with E-state index in [2.05, 4.69) is 10.4 Å². The molecule has 1 unspecified atom stereocenters. The Hall–Kier alpha value is -2.23. The van der Waals surface area contributed by atoms with Gasteiger partial charge in [-0.25, -0.2) is 8.42 Å². The Bertz CT molecular complexity index is 1020. The van der Waals surface area contributed by atoms with Crippen molar-refractivity contribution in [2.75, 3.05) is 26.3 Å². The third-order valence-corrected chi connectivity index (χ3v) is 7.82. The molecule has 31 heavy (non-hydrogen) atoms. The van der Waals surface area contributed by atoms with Crippen molar-refractivity contribution in [3.05, 3.63) is 47.3 Å². The number of aryl methyl sites for hydroxylation is 2. The van der Waals surface area contributed by atoms with Crippen LogP contribution in [0.5, 0.6) is 0 Å². The molecule has 4 rings (SSSR count). The van der Waals surface area contributed by atoms with E-state index in [1.165, 1.54) is 4.31 Å². The number of benzene rings is 1. The second-order valence-corrected chi connectivity index (χ2v) is 10.5. The lowest BCUT2D eigenvalue weighted by Gasteiger charge is -2.33. The monoisotopic (exact) mass is 446 g/mol. The van der Waals surface area contributed by atoms with E-state index in [-0.39, 0.29) is 31.5 Å². The van der Waals surface area contributed by atoms with Gasteiger partial charge in [0.25, 0.3) is 0 Å². The van der Waals surface area contributed by atoms with Crippen LogP contribution in [0.4, 0.5) is 0 Å². The molecule has 2 aromatic rings. The molecule has 1 aromatic carbocycles. The van der Waals surface area contributed by atoms with Crippen LogP contribution < -0.4 is 5.32 Å². The molecule has 0 radical (unpaired) electrons. The number of nitrogens with one attached hydrogen (secondary N) is 1. The lowest BCUT2D eigenvalue weighted by Crippen LogP contribution is -2.43. The smallest absolute Gasteiger partial charge is 0.243 e. The van der Waals surface area contributed by atoms with Gasteiger partial charge in [0.2, 0.25) is 15.9 Å². The minimum Gasteiger partial charge on any atom is -0.381 e. The zero-order chi connectivity index (χ0) is 22.0. The quantitative estimate of drug-likeness (QED) is 0.734. The van der Waals surface area contributed by atoms with Crippen molar-refractivity contribution in [2.45, 2.75) is 50.6 Å². The van der Waals surface area contributed by atoms with Crippen molar-refractivity contribution in [3.63, 3.8) is 0 Å². The summed E-state index contributed by atoms with van der Waals surface area (Å²) in [4.78, 5) is 12.9. The van der Waals surface area contributed by atoms with E-state index >= 15 is 0 Å². The molecule has 9 heteroatoms. The second kappa shape index (κ2) is 9.10. The van der Waals surface area contributed by atoms with E-state index < -0.39 is 10.0 Å². The zero-order valence-electron chi connectivity index (χ0n) is 18.1. The number of aromatic nitrogens is 2. The molecule has 1 atom stereocenters.